The third-order valence-corrected chi connectivity index (χ3v) is 6.44. The zero-order chi connectivity index (χ0) is 22.4. The van der Waals surface area contributed by atoms with Crippen LogP contribution >= 0.6 is 0 Å². The summed E-state index contributed by atoms with van der Waals surface area (Å²) in [5.41, 5.74) is 0.143. The number of rotatable bonds is 8. The number of pyridine rings is 1. The number of carbonyl (C=O) groups excluding carboxylic acids is 2. The number of sulfonamides is 1. The standard InChI is InChI=1S/C20H27N5O5S/c1-3-30-20(27)17-14-16(15-23(17)2)31(28,29)22-9-7-19(26)25-12-10-24(11-13-25)18-6-4-5-8-21-18/h4-6,8,14-15,22H,3,7,9-13H2,1-2H3. The number of ether oxygens (including phenoxy) is 1. The molecule has 1 N–H and O–H groups in total. The highest BCUT2D eigenvalue weighted by atomic mass is 32.2. The summed E-state index contributed by atoms with van der Waals surface area (Å²) in [6, 6.07) is 6.98. The molecular formula is C20H27N5O5S. The average Bonchev–Trinajstić information content (AvgIpc) is 3.17. The Kier molecular flexibility index (Phi) is 7.29. The van der Waals surface area contributed by atoms with Gasteiger partial charge in [-0.25, -0.2) is 22.9 Å². The molecule has 3 heterocycles. The first-order valence-electron chi connectivity index (χ1n) is 10.1. The molecular weight excluding hydrogens is 422 g/mol. The van der Waals surface area contributed by atoms with Crippen molar-refractivity contribution in [3.05, 3.63) is 42.4 Å². The van der Waals surface area contributed by atoms with Crippen molar-refractivity contribution in [1.29, 1.82) is 0 Å². The normalized spacial score (nSPS) is 14.5. The molecule has 0 radical (unpaired) electrons. The molecule has 0 saturated carbocycles. The van der Waals surface area contributed by atoms with E-state index in [9.17, 15) is 18.0 Å². The number of amides is 1. The molecule has 0 aromatic carbocycles. The minimum absolute atomic E-state index is 0.0226. The van der Waals surface area contributed by atoms with E-state index >= 15 is 0 Å². The molecule has 1 aliphatic rings. The lowest BCUT2D eigenvalue weighted by Crippen LogP contribution is -2.49. The van der Waals surface area contributed by atoms with Crippen molar-refractivity contribution in [2.45, 2.75) is 18.2 Å². The maximum Gasteiger partial charge on any atom is 0.354 e. The van der Waals surface area contributed by atoms with Crippen molar-refractivity contribution < 1.29 is 22.7 Å². The fourth-order valence-electron chi connectivity index (χ4n) is 3.35. The van der Waals surface area contributed by atoms with Gasteiger partial charge in [0.25, 0.3) is 0 Å². The van der Waals surface area contributed by atoms with Gasteiger partial charge in [-0.3, -0.25) is 4.79 Å². The molecule has 1 aliphatic heterocycles. The van der Waals surface area contributed by atoms with Gasteiger partial charge in [0.05, 0.1) is 6.61 Å². The first kappa shape index (κ1) is 22.8. The van der Waals surface area contributed by atoms with Crippen molar-refractivity contribution in [3.63, 3.8) is 0 Å². The predicted molar refractivity (Wildman–Crippen MR) is 114 cm³/mol. The molecule has 0 spiro atoms. The molecule has 1 saturated heterocycles. The van der Waals surface area contributed by atoms with Crippen LogP contribution in [-0.4, -0.2) is 74.1 Å². The van der Waals surface area contributed by atoms with Gasteiger partial charge in [-0.05, 0) is 25.1 Å². The smallest absolute Gasteiger partial charge is 0.354 e. The Morgan fingerprint density at radius 3 is 2.58 bits per heavy atom. The summed E-state index contributed by atoms with van der Waals surface area (Å²) in [6.07, 6.45) is 3.13. The predicted octanol–water partition coefficient (Wildman–Crippen LogP) is 0.614. The van der Waals surface area contributed by atoms with E-state index in [0.29, 0.717) is 26.2 Å². The number of aromatic nitrogens is 2. The van der Waals surface area contributed by atoms with Gasteiger partial charge in [0.2, 0.25) is 15.9 Å². The first-order chi connectivity index (χ1) is 14.8. The van der Waals surface area contributed by atoms with Crippen LogP contribution in [0.5, 0.6) is 0 Å². The molecule has 31 heavy (non-hydrogen) atoms. The summed E-state index contributed by atoms with van der Waals surface area (Å²) < 4.78 is 33.8. The second-order valence-electron chi connectivity index (χ2n) is 7.10. The van der Waals surface area contributed by atoms with Crippen LogP contribution < -0.4 is 9.62 Å². The van der Waals surface area contributed by atoms with E-state index in [4.69, 9.17) is 4.74 Å². The highest BCUT2D eigenvalue weighted by Crippen LogP contribution is 2.15. The monoisotopic (exact) mass is 449 g/mol. The molecule has 168 valence electrons. The minimum atomic E-state index is -3.85. The van der Waals surface area contributed by atoms with E-state index in [1.807, 2.05) is 18.2 Å². The number of piperazine rings is 1. The summed E-state index contributed by atoms with van der Waals surface area (Å²) in [7, 11) is -2.28. The third-order valence-electron chi connectivity index (χ3n) is 5.01. The fraction of sp³-hybridized carbons (Fsp3) is 0.450. The molecule has 1 amide bonds. The second kappa shape index (κ2) is 9.92. The third kappa shape index (κ3) is 5.61. The van der Waals surface area contributed by atoms with Gasteiger partial charge in [-0.15, -0.1) is 0 Å². The molecule has 10 nitrogen and oxygen atoms in total. The van der Waals surface area contributed by atoms with Crippen molar-refractivity contribution in [2.24, 2.45) is 7.05 Å². The molecule has 11 heteroatoms. The van der Waals surface area contributed by atoms with Crippen LogP contribution in [0.4, 0.5) is 5.82 Å². The lowest BCUT2D eigenvalue weighted by Gasteiger charge is -2.35. The summed E-state index contributed by atoms with van der Waals surface area (Å²) in [6.45, 7) is 4.32. The van der Waals surface area contributed by atoms with Gasteiger partial charge in [0.15, 0.2) is 0 Å². The second-order valence-corrected chi connectivity index (χ2v) is 8.86. The SMILES string of the molecule is CCOC(=O)c1cc(S(=O)(=O)NCCC(=O)N2CCN(c3ccccn3)CC2)cn1C. The van der Waals surface area contributed by atoms with Gasteiger partial charge in [-0.1, -0.05) is 6.07 Å². The van der Waals surface area contributed by atoms with Crippen LogP contribution in [0.25, 0.3) is 0 Å². The molecule has 2 aromatic rings. The van der Waals surface area contributed by atoms with Gasteiger partial charge in [-0.2, -0.15) is 0 Å². The first-order valence-corrected chi connectivity index (χ1v) is 11.6. The number of anilines is 1. The quantitative estimate of drug-likeness (QED) is 0.588. The van der Waals surface area contributed by atoms with Crippen LogP contribution in [0.15, 0.2) is 41.6 Å². The summed E-state index contributed by atoms with van der Waals surface area (Å²) in [5, 5.41) is 0. The van der Waals surface area contributed by atoms with Crippen LogP contribution in [0.1, 0.15) is 23.8 Å². The Balaban J connectivity index is 1.49. The molecule has 0 atom stereocenters. The van der Waals surface area contributed by atoms with E-state index in [2.05, 4.69) is 14.6 Å². The molecule has 0 unspecified atom stereocenters. The molecule has 2 aromatic heterocycles. The highest BCUT2D eigenvalue weighted by molar-refractivity contribution is 7.89. The van der Waals surface area contributed by atoms with Gasteiger partial charge < -0.3 is 19.1 Å². The molecule has 1 fully saturated rings. The summed E-state index contributed by atoms with van der Waals surface area (Å²) in [5.74, 6) is 0.183. The number of nitrogens with one attached hydrogen (secondary N) is 1. The topological polar surface area (TPSA) is 114 Å². The Labute approximate surface area is 181 Å². The minimum Gasteiger partial charge on any atom is -0.461 e. The molecule has 3 rings (SSSR count). The van der Waals surface area contributed by atoms with Gasteiger partial charge in [0.1, 0.15) is 16.4 Å². The van der Waals surface area contributed by atoms with Gasteiger partial charge >= 0.3 is 5.97 Å². The number of carbonyl (C=O) groups is 2. The van der Waals surface area contributed by atoms with Crippen molar-refractivity contribution in [1.82, 2.24) is 19.2 Å². The van der Waals surface area contributed by atoms with Crippen molar-refractivity contribution >= 4 is 27.7 Å². The van der Waals surface area contributed by atoms with E-state index in [0.717, 1.165) is 5.82 Å². The number of hydrogen-bond donors (Lipinski definition) is 1. The van der Waals surface area contributed by atoms with Crippen LogP contribution in [0.3, 0.4) is 0 Å². The van der Waals surface area contributed by atoms with E-state index < -0.39 is 16.0 Å². The summed E-state index contributed by atoms with van der Waals surface area (Å²) >= 11 is 0. The Morgan fingerprint density at radius 1 is 1.19 bits per heavy atom. The highest BCUT2D eigenvalue weighted by Gasteiger charge is 2.24. The zero-order valence-electron chi connectivity index (χ0n) is 17.7. The lowest BCUT2D eigenvalue weighted by atomic mass is 10.2. The number of esters is 1. The maximum atomic E-state index is 12.5. The summed E-state index contributed by atoms with van der Waals surface area (Å²) in [4.78, 5) is 32.5. The Hall–Kier alpha value is -2.92. The fourth-order valence-corrected chi connectivity index (χ4v) is 4.45. The Morgan fingerprint density at radius 2 is 1.94 bits per heavy atom. The maximum absolute atomic E-state index is 12.5. The number of nitrogens with zero attached hydrogens (tertiary/aromatic N) is 4. The molecule has 0 aliphatic carbocycles. The van der Waals surface area contributed by atoms with Crippen molar-refractivity contribution in [2.75, 3.05) is 44.2 Å². The van der Waals surface area contributed by atoms with E-state index in [1.54, 1.807) is 25.1 Å². The lowest BCUT2D eigenvalue weighted by molar-refractivity contribution is -0.131. The van der Waals surface area contributed by atoms with Gasteiger partial charge in [0, 0.05) is 58.6 Å². The van der Waals surface area contributed by atoms with Crippen LogP contribution in [-0.2, 0) is 26.6 Å². The van der Waals surface area contributed by atoms with Crippen LogP contribution in [0.2, 0.25) is 0 Å². The number of hydrogen-bond acceptors (Lipinski definition) is 7. The average molecular weight is 450 g/mol. The van der Waals surface area contributed by atoms with Crippen LogP contribution in [0, 0.1) is 0 Å². The van der Waals surface area contributed by atoms with E-state index in [1.165, 1.54) is 16.8 Å². The number of aryl methyl sites for hydroxylation is 1. The van der Waals surface area contributed by atoms with E-state index in [-0.39, 0.29) is 36.1 Å². The zero-order valence-corrected chi connectivity index (χ0v) is 18.5. The largest absolute Gasteiger partial charge is 0.461 e. The van der Waals surface area contributed by atoms with Crippen molar-refractivity contribution in [3.8, 4) is 0 Å². The molecule has 0 bridgehead atoms. The Bertz CT molecular complexity index is 1010.